The maximum atomic E-state index is 13.0. The van der Waals surface area contributed by atoms with Gasteiger partial charge in [-0.05, 0) is 66.7 Å². The normalized spacial score (nSPS) is 11.9. The van der Waals surface area contributed by atoms with Crippen molar-refractivity contribution in [1.82, 2.24) is 4.98 Å². The van der Waals surface area contributed by atoms with E-state index in [1.54, 1.807) is 12.3 Å². The number of carbonyl (C=O) groups excluding carboxylic acids is 2. The number of aromatic nitrogens is 1. The fourth-order valence-electron chi connectivity index (χ4n) is 3.33. The van der Waals surface area contributed by atoms with Gasteiger partial charge in [-0.1, -0.05) is 26.8 Å². The van der Waals surface area contributed by atoms with Crippen molar-refractivity contribution in [1.29, 1.82) is 0 Å². The molecule has 0 spiro atoms. The third-order valence-electron chi connectivity index (χ3n) is 6.27. The number of anilines is 1. The van der Waals surface area contributed by atoms with Gasteiger partial charge in [0.05, 0.1) is 10.4 Å². The van der Waals surface area contributed by atoms with E-state index in [1.165, 1.54) is 11.3 Å². The predicted molar refractivity (Wildman–Crippen MR) is 143 cm³/mol. The number of pyridine rings is 1. The first-order valence-electron chi connectivity index (χ1n) is 11.1. The molecule has 174 valence electrons. The summed E-state index contributed by atoms with van der Waals surface area (Å²) in [4.78, 5) is 30.2. The Kier molecular flexibility index (Phi) is 6.42. The zero-order chi connectivity index (χ0) is 24.5. The molecule has 0 saturated carbocycles. The van der Waals surface area contributed by atoms with Crippen LogP contribution in [0.15, 0.2) is 66.9 Å². The lowest BCUT2D eigenvalue weighted by Gasteiger charge is -2.36. The molecule has 0 radical (unpaired) electrons. The van der Waals surface area contributed by atoms with Gasteiger partial charge in [0.1, 0.15) is 12.0 Å². The molecule has 5 nitrogen and oxygen atoms in total. The van der Waals surface area contributed by atoms with E-state index in [1.807, 2.05) is 54.6 Å². The summed E-state index contributed by atoms with van der Waals surface area (Å²) < 4.78 is 6.38. The third-order valence-corrected chi connectivity index (χ3v) is 11.7. The molecular weight excluding hydrogens is 460 g/mol. The average Bonchev–Trinajstić information content (AvgIpc) is 3.28. The van der Waals surface area contributed by atoms with Crippen LogP contribution >= 0.6 is 11.3 Å². The highest BCUT2D eigenvalue weighted by atomic mass is 32.1. The lowest BCUT2D eigenvalue weighted by Crippen LogP contribution is -2.43. The molecule has 1 amide bonds. The number of aldehydes is 1. The van der Waals surface area contributed by atoms with E-state index in [4.69, 9.17) is 4.43 Å². The maximum Gasteiger partial charge on any atom is 0.265 e. The Labute approximate surface area is 204 Å². The van der Waals surface area contributed by atoms with E-state index in [-0.39, 0.29) is 10.9 Å². The number of fused-ring (bicyclic) bond motifs is 1. The van der Waals surface area contributed by atoms with Crippen LogP contribution < -0.4 is 9.74 Å². The highest BCUT2D eigenvalue weighted by molar-refractivity contribution is 7.17. The Morgan fingerprint density at radius 3 is 2.59 bits per heavy atom. The molecule has 0 aliphatic carbocycles. The number of rotatable bonds is 6. The molecule has 0 aliphatic heterocycles. The van der Waals surface area contributed by atoms with Crippen molar-refractivity contribution in [3.8, 4) is 16.2 Å². The second-order valence-electron chi connectivity index (χ2n) is 9.76. The zero-order valence-electron chi connectivity index (χ0n) is 20.0. The van der Waals surface area contributed by atoms with Crippen LogP contribution in [0.5, 0.6) is 5.75 Å². The quantitative estimate of drug-likeness (QED) is 0.227. The SMILES string of the molecule is CC(C)(C)[Si](C)(C)Oc1cccc(NC(=O)c2ccc(-c3ccnc4ccc(C=O)cc34)s2)c1. The van der Waals surface area contributed by atoms with Gasteiger partial charge in [0, 0.05) is 39.3 Å². The number of thiophene rings is 1. The molecule has 0 bridgehead atoms. The summed E-state index contributed by atoms with van der Waals surface area (Å²) in [5.74, 6) is 0.596. The van der Waals surface area contributed by atoms with Gasteiger partial charge in [-0.2, -0.15) is 0 Å². The van der Waals surface area contributed by atoms with Crippen LogP contribution in [-0.4, -0.2) is 25.5 Å². The summed E-state index contributed by atoms with van der Waals surface area (Å²) in [5, 5.41) is 3.96. The van der Waals surface area contributed by atoms with Crippen LogP contribution in [0.25, 0.3) is 21.3 Å². The van der Waals surface area contributed by atoms with E-state index in [2.05, 4.69) is 44.2 Å². The van der Waals surface area contributed by atoms with Gasteiger partial charge in [-0.25, -0.2) is 0 Å². The van der Waals surface area contributed by atoms with Gasteiger partial charge in [-0.15, -0.1) is 11.3 Å². The van der Waals surface area contributed by atoms with Crippen LogP contribution in [0.1, 0.15) is 40.8 Å². The molecule has 0 aliphatic rings. The van der Waals surface area contributed by atoms with E-state index in [0.29, 0.717) is 16.1 Å². The molecule has 4 rings (SSSR count). The second-order valence-corrected chi connectivity index (χ2v) is 15.6. The summed E-state index contributed by atoms with van der Waals surface area (Å²) in [5.41, 5.74) is 3.04. The molecule has 2 heterocycles. The molecule has 4 aromatic rings. The highest BCUT2D eigenvalue weighted by Gasteiger charge is 2.39. The van der Waals surface area contributed by atoms with Crippen LogP contribution in [0.4, 0.5) is 5.69 Å². The first kappa shape index (κ1) is 23.9. The van der Waals surface area contributed by atoms with E-state index in [0.717, 1.165) is 33.4 Å². The minimum absolute atomic E-state index is 0.0865. The third kappa shape index (κ3) is 4.95. The summed E-state index contributed by atoms with van der Waals surface area (Å²) in [6.45, 7) is 11.0. The average molecular weight is 489 g/mol. The predicted octanol–water partition coefficient (Wildman–Crippen LogP) is 7.41. The monoisotopic (exact) mass is 488 g/mol. The van der Waals surface area contributed by atoms with Crippen molar-refractivity contribution in [2.45, 2.75) is 38.9 Å². The Hall–Kier alpha value is -3.29. The number of nitrogens with one attached hydrogen (secondary N) is 1. The number of carbonyl (C=O) groups is 2. The summed E-state index contributed by atoms with van der Waals surface area (Å²) in [7, 11) is -1.97. The molecule has 34 heavy (non-hydrogen) atoms. The number of hydrogen-bond acceptors (Lipinski definition) is 5. The molecular formula is C27H28N2O3SSi. The Morgan fingerprint density at radius 2 is 1.85 bits per heavy atom. The lowest BCUT2D eigenvalue weighted by atomic mass is 10.1. The van der Waals surface area contributed by atoms with E-state index >= 15 is 0 Å². The highest BCUT2D eigenvalue weighted by Crippen LogP contribution is 2.38. The first-order chi connectivity index (χ1) is 16.1. The fourth-order valence-corrected chi connectivity index (χ4v) is 5.30. The number of amides is 1. The van der Waals surface area contributed by atoms with E-state index in [9.17, 15) is 9.59 Å². The van der Waals surface area contributed by atoms with Gasteiger partial charge in [-0.3, -0.25) is 14.6 Å². The van der Waals surface area contributed by atoms with Crippen molar-refractivity contribution < 1.29 is 14.0 Å². The van der Waals surface area contributed by atoms with Crippen molar-refractivity contribution >= 4 is 48.4 Å². The Bertz CT molecular complexity index is 1370. The molecule has 0 unspecified atom stereocenters. The summed E-state index contributed by atoms with van der Waals surface area (Å²) >= 11 is 1.41. The molecule has 2 aromatic heterocycles. The molecule has 0 fully saturated rings. The first-order valence-corrected chi connectivity index (χ1v) is 14.8. The lowest BCUT2D eigenvalue weighted by molar-refractivity contribution is 0.103. The standard InChI is InChI=1S/C27H28N2O3SSi/c1-27(2,3)34(4,5)32-20-8-6-7-19(16-20)29-26(31)25-12-11-24(33-25)21-13-14-28-23-10-9-18(17-30)15-22(21)23/h6-17H,1-5H3,(H,29,31). The maximum absolute atomic E-state index is 13.0. The van der Waals surface area contributed by atoms with Gasteiger partial charge in [0.25, 0.3) is 5.91 Å². The van der Waals surface area contributed by atoms with Crippen LogP contribution in [0.2, 0.25) is 18.1 Å². The minimum Gasteiger partial charge on any atom is -0.543 e. The largest absolute Gasteiger partial charge is 0.543 e. The topological polar surface area (TPSA) is 68.3 Å². The smallest absolute Gasteiger partial charge is 0.265 e. The van der Waals surface area contributed by atoms with Gasteiger partial charge >= 0.3 is 0 Å². The molecule has 2 aromatic carbocycles. The van der Waals surface area contributed by atoms with E-state index < -0.39 is 8.32 Å². The zero-order valence-corrected chi connectivity index (χ0v) is 21.8. The summed E-state index contributed by atoms with van der Waals surface area (Å²) in [6.07, 6.45) is 2.57. The number of nitrogens with zero attached hydrogens (tertiary/aromatic N) is 1. The van der Waals surface area contributed by atoms with Crippen molar-refractivity contribution in [3.05, 3.63) is 77.3 Å². The number of benzene rings is 2. The van der Waals surface area contributed by atoms with Crippen LogP contribution in [0.3, 0.4) is 0 Å². The molecule has 0 atom stereocenters. The minimum atomic E-state index is -1.97. The molecule has 7 heteroatoms. The Morgan fingerprint density at radius 1 is 1.06 bits per heavy atom. The second kappa shape index (κ2) is 9.16. The van der Waals surface area contributed by atoms with Crippen LogP contribution in [-0.2, 0) is 0 Å². The number of hydrogen-bond donors (Lipinski definition) is 1. The van der Waals surface area contributed by atoms with Crippen molar-refractivity contribution in [2.75, 3.05) is 5.32 Å². The fraction of sp³-hybridized carbons (Fsp3) is 0.222. The molecule has 1 N–H and O–H groups in total. The van der Waals surface area contributed by atoms with Crippen LogP contribution in [0, 0.1) is 0 Å². The van der Waals surface area contributed by atoms with Gasteiger partial charge in [0.2, 0.25) is 8.32 Å². The Balaban J connectivity index is 1.55. The van der Waals surface area contributed by atoms with Crippen molar-refractivity contribution in [2.24, 2.45) is 0 Å². The molecule has 0 saturated heterocycles. The van der Waals surface area contributed by atoms with Gasteiger partial charge < -0.3 is 9.74 Å². The van der Waals surface area contributed by atoms with Gasteiger partial charge in [0.15, 0.2) is 0 Å². The van der Waals surface area contributed by atoms with Crippen molar-refractivity contribution in [3.63, 3.8) is 0 Å². The summed E-state index contributed by atoms with van der Waals surface area (Å²) in [6, 6.07) is 18.6.